The van der Waals surface area contributed by atoms with E-state index in [9.17, 15) is 10.2 Å². The van der Waals surface area contributed by atoms with Crippen molar-refractivity contribution in [2.45, 2.75) is 104 Å². The minimum Gasteiger partial charge on any atom is -2.00 e. The van der Waals surface area contributed by atoms with Crippen LogP contribution in [0.25, 0.3) is 0 Å². The third kappa shape index (κ3) is 16.5. The van der Waals surface area contributed by atoms with Crippen LogP contribution in [0.5, 0.6) is 11.5 Å². The van der Waals surface area contributed by atoms with Crippen LogP contribution in [0.4, 0.5) is 0 Å². The number of hydrogen-bond donors (Lipinski definition) is 2. The van der Waals surface area contributed by atoms with Gasteiger partial charge in [0.05, 0.1) is 0 Å². The number of rotatable bonds is 14. The van der Waals surface area contributed by atoms with E-state index in [1.807, 2.05) is 36.4 Å². The molecule has 2 N–H and O–H groups in total. The monoisotopic (exact) mass is 502 g/mol. The van der Waals surface area contributed by atoms with Crippen LogP contribution in [0.3, 0.4) is 0 Å². The average molecular weight is 503 g/mol. The Morgan fingerprint density at radius 1 is 0.500 bits per heavy atom. The summed E-state index contributed by atoms with van der Waals surface area (Å²) in [5, 5.41) is 19.1. The Balaban J connectivity index is 0. The molecule has 0 aliphatic heterocycles. The van der Waals surface area contributed by atoms with Gasteiger partial charge in [-0.1, -0.05) is 114 Å². The molecule has 0 heterocycles. The Kier molecular flexibility index (Phi) is 23.8. The molecule has 0 saturated heterocycles. The van der Waals surface area contributed by atoms with Gasteiger partial charge in [0, 0.05) is 0 Å². The van der Waals surface area contributed by atoms with Crippen molar-refractivity contribution in [2.24, 2.45) is 0 Å². The summed E-state index contributed by atoms with van der Waals surface area (Å²) in [7, 11) is 0. The molecular weight excluding hydrogens is 459 g/mol. The average Bonchev–Trinajstić information content (AvgIpc) is 2.76. The zero-order chi connectivity index (χ0) is 21.9. The van der Waals surface area contributed by atoms with Crippen molar-refractivity contribution in [1.29, 1.82) is 0 Å². The summed E-state index contributed by atoms with van der Waals surface area (Å²) in [4.78, 5) is 0. The van der Waals surface area contributed by atoms with Crippen molar-refractivity contribution in [2.75, 3.05) is 0 Å². The maximum absolute atomic E-state index is 9.55. The molecule has 0 fully saturated rings. The van der Waals surface area contributed by atoms with E-state index >= 15 is 0 Å². The van der Waals surface area contributed by atoms with Crippen molar-refractivity contribution in [1.82, 2.24) is 0 Å². The Labute approximate surface area is 214 Å². The van der Waals surface area contributed by atoms with Crippen LogP contribution < -0.4 is 0 Å². The van der Waals surface area contributed by atoms with Gasteiger partial charge in [-0.3, -0.25) is 0 Å². The molecule has 184 valence electrons. The van der Waals surface area contributed by atoms with E-state index in [0.29, 0.717) is 11.5 Å². The normalized spacial score (nSPS) is 9.81. The molecule has 0 saturated carbocycles. The Morgan fingerprint density at radius 3 is 1.16 bits per heavy atom. The van der Waals surface area contributed by atoms with Crippen molar-refractivity contribution in [3.8, 4) is 11.5 Å². The van der Waals surface area contributed by atoms with Crippen LogP contribution in [-0.2, 0) is 42.8 Å². The third-order valence-electron chi connectivity index (χ3n) is 5.58. The maximum Gasteiger partial charge on any atom is 2.00 e. The van der Waals surface area contributed by atoms with Gasteiger partial charge in [-0.25, -0.2) is 0 Å². The molecule has 4 heteroatoms. The van der Waals surface area contributed by atoms with Crippen LogP contribution in [0.1, 0.15) is 102 Å². The largest absolute Gasteiger partial charge is 2.00 e. The molecule has 2 aromatic rings. The zero-order valence-corrected chi connectivity index (χ0v) is 21.9. The minimum absolute atomic E-state index is 0. The summed E-state index contributed by atoms with van der Waals surface area (Å²) < 4.78 is 0. The summed E-state index contributed by atoms with van der Waals surface area (Å²) in [5.74, 6) is 0.900. The van der Waals surface area contributed by atoms with Crippen molar-refractivity contribution in [3.63, 3.8) is 0 Å². The zero-order valence-electron chi connectivity index (χ0n) is 20.1. The Bertz CT molecular complexity index is 606. The second-order valence-corrected chi connectivity index (χ2v) is 8.29. The Hall–Kier alpha value is -1.12. The van der Waals surface area contributed by atoms with Gasteiger partial charge in [0.1, 0.15) is 11.5 Å². The molecule has 32 heavy (non-hydrogen) atoms. The van der Waals surface area contributed by atoms with E-state index in [0.717, 1.165) is 24.0 Å². The second-order valence-electron chi connectivity index (χ2n) is 8.29. The fraction of sp³-hybridized carbons (Fsp3) is 0.571. The van der Waals surface area contributed by atoms with E-state index in [1.54, 1.807) is 12.1 Å². The molecular formula is C28H44NiO2S. The first kappa shape index (κ1) is 33.1. The summed E-state index contributed by atoms with van der Waals surface area (Å²) in [5.41, 5.74) is 2.18. The molecule has 0 aliphatic carbocycles. The quantitative estimate of drug-likeness (QED) is 0.200. The third-order valence-corrected chi connectivity index (χ3v) is 5.58. The minimum atomic E-state index is 0. The first-order chi connectivity index (χ1) is 14.7. The molecule has 0 atom stereocenters. The van der Waals surface area contributed by atoms with E-state index in [4.69, 9.17) is 0 Å². The van der Waals surface area contributed by atoms with Gasteiger partial charge in [0.15, 0.2) is 0 Å². The molecule has 0 bridgehead atoms. The SMILES string of the molecule is CCCCCCCCc1ccccc1O.CCCCCCCCc1ccccc1O.[Ni+2].[S-2]. The molecule has 2 nitrogen and oxygen atoms in total. The van der Waals surface area contributed by atoms with Crippen LogP contribution in [0, 0.1) is 0 Å². The van der Waals surface area contributed by atoms with Gasteiger partial charge >= 0.3 is 16.5 Å². The standard InChI is InChI=1S/2C14H22O.Ni.S/c2*1-2-3-4-5-6-7-10-13-11-8-9-12-14(13)15;;/h2*8-9,11-12,15H,2-7,10H2,1H3;;/q;;+2;-2. The van der Waals surface area contributed by atoms with E-state index < -0.39 is 0 Å². The molecule has 2 aromatic carbocycles. The van der Waals surface area contributed by atoms with Gasteiger partial charge in [-0.2, -0.15) is 0 Å². The number of aryl methyl sites for hydroxylation is 2. The number of aromatic hydroxyl groups is 2. The summed E-state index contributed by atoms with van der Waals surface area (Å²) in [6.07, 6.45) is 17.7. The molecule has 2 rings (SSSR count). The van der Waals surface area contributed by atoms with Gasteiger partial charge in [-0.15, -0.1) is 0 Å². The maximum atomic E-state index is 9.55. The van der Waals surface area contributed by atoms with E-state index in [-0.39, 0.29) is 30.0 Å². The number of phenolic OH excluding ortho intramolecular Hbond substituents is 2. The van der Waals surface area contributed by atoms with Crippen LogP contribution >= 0.6 is 0 Å². The molecule has 0 unspecified atom stereocenters. The topological polar surface area (TPSA) is 40.5 Å². The number of phenols is 2. The molecule has 0 amide bonds. The summed E-state index contributed by atoms with van der Waals surface area (Å²) in [6.45, 7) is 4.48. The van der Waals surface area contributed by atoms with Crippen LogP contribution in [-0.4, -0.2) is 10.2 Å². The number of hydrogen-bond acceptors (Lipinski definition) is 2. The van der Waals surface area contributed by atoms with Gasteiger partial charge in [0.2, 0.25) is 0 Å². The van der Waals surface area contributed by atoms with E-state index in [1.165, 1.54) is 77.0 Å². The van der Waals surface area contributed by atoms with Gasteiger partial charge < -0.3 is 23.7 Å². The first-order valence-corrected chi connectivity index (χ1v) is 12.2. The molecule has 0 aliphatic rings. The molecule has 0 aromatic heterocycles. The smallest absolute Gasteiger partial charge is 2.00 e. The van der Waals surface area contributed by atoms with Crippen molar-refractivity contribution in [3.05, 3.63) is 59.7 Å². The number of unbranched alkanes of at least 4 members (excludes halogenated alkanes) is 10. The van der Waals surface area contributed by atoms with Crippen LogP contribution in [0.15, 0.2) is 48.5 Å². The Morgan fingerprint density at radius 2 is 0.812 bits per heavy atom. The van der Waals surface area contributed by atoms with E-state index in [2.05, 4.69) is 13.8 Å². The molecule has 0 radical (unpaired) electrons. The second kappa shape index (κ2) is 23.1. The predicted octanol–water partition coefficient (Wildman–Crippen LogP) is 8.59. The predicted molar refractivity (Wildman–Crippen MR) is 138 cm³/mol. The fourth-order valence-electron chi connectivity index (χ4n) is 3.64. The summed E-state index contributed by atoms with van der Waals surface area (Å²) in [6, 6.07) is 15.3. The van der Waals surface area contributed by atoms with Crippen molar-refractivity contribution >= 4 is 13.5 Å². The fourth-order valence-corrected chi connectivity index (χ4v) is 3.64. The van der Waals surface area contributed by atoms with Crippen LogP contribution in [0.2, 0.25) is 0 Å². The van der Waals surface area contributed by atoms with Crippen molar-refractivity contribution < 1.29 is 26.7 Å². The van der Waals surface area contributed by atoms with Gasteiger partial charge in [0.25, 0.3) is 0 Å². The summed E-state index contributed by atoms with van der Waals surface area (Å²) >= 11 is 0. The number of para-hydroxylation sites is 2. The van der Waals surface area contributed by atoms with Gasteiger partial charge in [-0.05, 0) is 48.9 Å². The number of benzene rings is 2. The first-order valence-electron chi connectivity index (χ1n) is 12.2. The molecule has 0 spiro atoms.